The average molecular weight is 425 g/mol. The Labute approximate surface area is 181 Å². The predicted molar refractivity (Wildman–Crippen MR) is 121 cm³/mol. The largest absolute Gasteiger partial charge is 0.497 e. The maximum absolute atomic E-state index is 12.8. The van der Waals surface area contributed by atoms with Crippen LogP contribution in [-0.2, 0) is 6.42 Å². The van der Waals surface area contributed by atoms with Crippen molar-refractivity contribution in [3.8, 4) is 5.75 Å². The van der Waals surface area contributed by atoms with E-state index in [-0.39, 0.29) is 5.56 Å². The summed E-state index contributed by atoms with van der Waals surface area (Å²) >= 11 is 5.95. The lowest BCUT2D eigenvalue weighted by molar-refractivity contribution is 0.414. The van der Waals surface area contributed by atoms with Gasteiger partial charge in [0.2, 0.25) is 5.95 Å². The van der Waals surface area contributed by atoms with Crippen molar-refractivity contribution >= 4 is 23.2 Å². The van der Waals surface area contributed by atoms with Crippen molar-refractivity contribution in [2.75, 3.05) is 43.1 Å². The molecule has 0 atom stereocenters. The van der Waals surface area contributed by atoms with Crippen LogP contribution in [0.4, 0.5) is 11.6 Å². The van der Waals surface area contributed by atoms with Crippen LogP contribution in [0.15, 0.2) is 53.3 Å². The van der Waals surface area contributed by atoms with Crippen LogP contribution < -0.4 is 20.1 Å². The van der Waals surface area contributed by atoms with Gasteiger partial charge >= 0.3 is 0 Å². The molecule has 2 heterocycles. The fraction of sp³-hybridized carbons (Fsp3) is 0.304. The Kier molecular flexibility index (Phi) is 5.95. The number of piperazine rings is 1. The van der Waals surface area contributed by atoms with Gasteiger partial charge in [-0.3, -0.25) is 9.78 Å². The van der Waals surface area contributed by atoms with E-state index >= 15 is 0 Å². The van der Waals surface area contributed by atoms with Crippen LogP contribution in [0.25, 0.3) is 0 Å². The number of aromatic amines is 1. The third-order valence-corrected chi connectivity index (χ3v) is 5.75. The van der Waals surface area contributed by atoms with Gasteiger partial charge < -0.3 is 14.5 Å². The Balaban J connectivity index is 1.46. The number of halogens is 1. The van der Waals surface area contributed by atoms with Crippen LogP contribution in [0, 0.1) is 6.92 Å². The number of benzene rings is 2. The van der Waals surface area contributed by atoms with Crippen LogP contribution >= 0.6 is 11.6 Å². The van der Waals surface area contributed by atoms with Gasteiger partial charge in [0.25, 0.3) is 5.56 Å². The SMILES string of the molecule is COc1cccc(N2CCN(c3nc(C)c(Cc4ccc(Cl)cc4)c(=O)[nH]3)CC2)c1. The smallest absolute Gasteiger partial charge is 0.256 e. The number of H-pyrrole nitrogens is 1. The van der Waals surface area contributed by atoms with Crippen molar-refractivity contribution in [3.05, 3.63) is 80.7 Å². The molecule has 30 heavy (non-hydrogen) atoms. The summed E-state index contributed by atoms with van der Waals surface area (Å²) in [6, 6.07) is 15.6. The lowest BCUT2D eigenvalue weighted by Crippen LogP contribution is -2.47. The molecule has 3 aromatic rings. The molecule has 7 heteroatoms. The molecule has 156 valence electrons. The van der Waals surface area contributed by atoms with Gasteiger partial charge in [0, 0.05) is 54.9 Å². The standard InChI is InChI=1S/C23H25ClN4O2/c1-16-21(14-17-6-8-18(24)9-7-17)22(29)26-23(25-16)28-12-10-27(11-13-28)19-4-3-5-20(15-19)30-2/h3-9,15H,10-14H2,1-2H3,(H,25,26,29). The van der Waals surface area contributed by atoms with Crippen molar-refractivity contribution < 1.29 is 4.74 Å². The Bertz CT molecular complexity index is 1070. The second-order valence-electron chi connectivity index (χ2n) is 7.43. The lowest BCUT2D eigenvalue weighted by Gasteiger charge is -2.36. The van der Waals surface area contributed by atoms with E-state index in [4.69, 9.17) is 21.3 Å². The molecule has 0 amide bonds. The van der Waals surface area contributed by atoms with E-state index in [2.05, 4.69) is 20.9 Å². The molecule has 0 unspecified atom stereocenters. The number of aromatic nitrogens is 2. The van der Waals surface area contributed by atoms with Crippen LogP contribution in [0.1, 0.15) is 16.8 Å². The monoisotopic (exact) mass is 424 g/mol. The van der Waals surface area contributed by atoms with Gasteiger partial charge in [0.1, 0.15) is 5.75 Å². The molecule has 1 N–H and O–H groups in total. The molecule has 1 aliphatic heterocycles. The second kappa shape index (κ2) is 8.79. The number of methoxy groups -OCH3 is 1. The zero-order chi connectivity index (χ0) is 21.1. The van der Waals surface area contributed by atoms with Crippen molar-refractivity contribution in [3.63, 3.8) is 0 Å². The first kappa shape index (κ1) is 20.3. The summed E-state index contributed by atoms with van der Waals surface area (Å²) < 4.78 is 5.33. The van der Waals surface area contributed by atoms with Gasteiger partial charge in [-0.15, -0.1) is 0 Å². The summed E-state index contributed by atoms with van der Waals surface area (Å²) in [6.07, 6.45) is 0.537. The molecule has 0 bridgehead atoms. The Morgan fingerprint density at radius 3 is 2.43 bits per heavy atom. The highest BCUT2D eigenvalue weighted by molar-refractivity contribution is 6.30. The zero-order valence-corrected chi connectivity index (χ0v) is 17.9. The molecular weight excluding hydrogens is 400 g/mol. The fourth-order valence-electron chi connectivity index (χ4n) is 3.74. The number of ether oxygens (including phenoxy) is 1. The normalized spacial score (nSPS) is 14.1. The van der Waals surface area contributed by atoms with Crippen LogP contribution in [0.2, 0.25) is 5.02 Å². The number of nitrogens with one attached hydrogen (secondary N) is 1. The van der Waals surface area contributed by atoms with Gasteiger partial charge in [-0.05, 0) is 36.8 Å². The number of rotatable bonds is 5. The van der Waals surface area contributed by atoms with E-state index in [1.165, 1.54) is 0 Å². The quantitative estimate of drug-likeness (QED) is 0.677. The van der Waals surface area contributed by atoms with Crippen molar-refractivity contribution in [2.24, 2.45) is 0 Å². The summed E-state index contributed by atoms with van der Waals surface area (Å²) in [5.41, 5.74) is 3.55. The highest BCUT2D eigenvalue weighted by Gasteiger charge is 2.20. The summed E-state index contributed by atoms with van der Waals surface area (Å²) in [6.45, 7) is 5.17. The van der Waals surface area contributed by atoms with Crippen molar-refractivity contribution in [2.45, 2.75) is 13.3 Å². The van der Waals surface area contributed by atoms with E-state index in [0.717, 1.165) is 48.9 Å². The third-order valence-electron chi connectivity index (χ3n) is 5.50. The molecule has 0 spiro atoms. The van der Waals surface area contributed by atoms with E-state index in [9.17, 15) is 4.79 Å². The highest BCUT2D eigenvalue weighted by atomic mass is 35.5. The number of anilines is 2. The van der Waals surface area contributed by atoms with Gasteiger partial charge in [-0.2, -0.15) is 0 Å². The minimum absolute atomic E-state index is 0.0809. The van der Waals surface area contributed by atoms with E-state index in [1.807, 2.05) is 49.4 Å². The molecule has 0 aliphatic carbocycles. The maximum atomic E-state index is 12.8. The fourth-order valence-corrected chi connectivity index (χ4v) is 3.87. The third kappa shape index (κ3) is 4.44. The minimum atomic E-state index is -0.0809. The molecule has 1 aromatic heterocycles. The zero-order valence-electron chi connectivity index (χ0n) is 17.2. The van der Waals surface area contributed by atoms with Crippen molar-refractivity contribution in [1.29, 1.82) is 0 Å². The number of hydrogen-bond donors (Lipinski definition) is 1. The van der Waals surface area contributed by atoms with Crippen LogP contribution in [-0.4, -0.2) is 43.3 Å². The highest BCUT2D eigenvalue weighted by Crippen LogP contribution is 2.23. The first-order chi connectivity index (χ1) is 14.5. The summed E-state index contributed by atoms with van der Waals surface area (Å²) in [4.78, 5) is 24.9. The van der Waals surface area contributed by atoms with E-state index in [0.29, 0.717) is 23.0 Å². The molecule has 4 rings (SSSR count). The lowest BCUT2D eigenvalue weighted by atomic mass is 10.1. The summed E-state index contributed by atoms with van der Waals surface area (Å²) in [5, 5.41) is 0.686. The predicted octanol–water partition coefficient (Wildman–Crippen LogP) is 3.66. The molecular formula is C23H25ClN4O2. The Hall–Kier alpha value is -2.99. The molecule has 1 aliphatic rings. The number of nitrogens with zero attached hydrogens (tertiary/aromatic N) is 3. The van der Waals surface area contributed by atoms with Crippen LogP contribution in [0.3, 0.4) is 0 Å². The minimum Gasteiger partial charge on any atom is -0.497 e. The van der Waals surface area contributed by atoms with Gasteiger partial charge in [-0.25, -0.2) is 4.98 Å². The van der Waals surface area contributed by atoms with Crippen LogP contribution in [0.5, 0.6) is 5.75 Å². The van der Waals surface area contributed by atoms with E-state index < -0.39 is 0 Å². The Morgan fingerprint density at radius 2 is 1.77 bits per heavy atom. The molecule has 2 aromatic carbocycles. The van der Waals surface area contributed by atoms with Crippen molar-refractivity contribution in [1.82, 2.24) is 9.97 Å². The number of aryl methyl sites for hydroxylation is 1. The van der Waals surface area contributed by atoms with Gasteiger partial charge in [0.05, 0.1) is 12.8 Å². The van der Waals surface area contributed by atoms with E-state index in [1.54, 1.807) is 7.11 Å². The molecule has 0 radical (unpaired) electrons. The van der Waals surface area contributed by atoms with Gasteiger partial charge in [-0.1, -0.05) is 29.8 Å². The summed E-state index contributed by atoms with van der Waals surface area (Å²) in [7, 11) is 1.68. The first-order valence-corrected chi connectivity index (χ1v) is 10.4. The average Bonchev–Trinajstić information content (AvgIpc) is 2.77. The molecule has 1 fully saturated rings. The maximum Gasteiger partial charge on any atom is 0.256 e. The summed E-state index contributed by atoms with van der Waals surface area (Å²) in [5.74, 6) is 1.50. The topological polar surface area (TPSA) is 61.5 Å². The Morgan fingerprint density at radius 1 is 1.07 bits per heavy atom. The number of hydrogen-bond acceptors (Lipinski definition) is 5. The first-order valence-electron chi connectivity index (χ1n) is 10.0. The van der Waals surface area contributed by atoms with Gasteiger partial charge in [0.15, 0.2) is 0 Å². The molecule has 0 saturated carbocycles. The molecule has 1 saturated heterocycles. The second-order valence-corrected chi connectivity index (χ2v) is 7.87. The molecule has 6 nitrogen and oxygen atoms in total.